The first-order chi connectivity index (χ1) is 36.8. The molecule has 74 heavy (non-hydrogen) atoms. The highest BCUT2D eigenvalue weighted by atomic mass is 15.1. The second kappa shape index (κ2) is 17.9. The first-order valence-corrected chi connectivity index (χ1v) is 25.7. The third-order valence-corrected chi connectivity index (χ3v) is 15.5. The van der Waals surface area contributed by atoms with Gasteiger partial charge in [0.1, 0.15) is 0 Å². The van der Waals surface area contributed by atoms with E-state index in [9.17, 15) is 0 Å². The maximum atomic E-state index is 2.53. The summed E-state index contributed by atoms with van der Waals surface area (Å²) in [6.07, 6.45) is 0. The Hall–Kier alpha value is -9.56. The molecule has 0 saturated carbocycles. The molecule has 13 aromatic rings. The van der Waals surface area contributed by atoms with Gasteiger partial charge in [-0.25, -0.2) is 0 Å². The van der Waals surface area contributed by atoms with E-state index in [0.717, 1.165) is 33.8 Å². The van der Waals surface area contributed by atoms with Crippen LogP contribution in [-0.2, 0) is 5.41 Å². The monoisotopic (exact) mass is 939 g/mol. The molecule has 0 amide bonds. The minimum atomic E-state index is -0.533. The number of anilines is 3. The van der Waals surface area contributed by atoms with Crippen molar-refractivity contribution in [3.8, 4) is 55.6 Å². The van der Waals surface area contributed by atoms with Gasteiger partial charge in [0, 0.05) is 16.8 Å². The fraction of sp³-hybridized carbons (Fsp3) is 0.0137. The summed E-state index contributed by atoms with van der Waals surface area (Å²) in [4.78, 5) is 2.53. The molecule has 14 rings (SSSR count). The van der Waals surface area contributed by atoms with Gasteiger partial charge in [-0.1, -0.05) is 273 Å². The third-order valence-electron chi connectivity index (χ3n) is 15.5. The van der Waals surface area contributed by atoms with E-state index < -0.39 is 5.41 Å². The minimum Gasteiger partial charge on any atom is -0.309 e. The summed E-state index contributed by atoms with van der Waals surface area (Å²) in [7, 11) is 0. The standard InChI is InChI=1S/C73H49N/c1-4-23-50(24-5-1)59-39-19-26-52-27-20-41-64(71(52)59)62-35-13-16-45-69(62)74(56-33-18-28-53(49-56)58-38-21-40-60-57-34-11-10-25-51(57)47-48-61(58)60)70-46-17-14-36-63(70)65-42-22-44-68-72(65)66-37-12-15-43-67(66)73(68,54-29-6-2-7-30-54)55-31-8-3-9-32-55/h1-49H. The van der Waals surface area contributed by atoms with Crippen molar-refractivity contribution >= 4 is 49.4 Å². The molecular formula is C73H49N. The average molecular weight is 940 g/mol. The van der Waals surface area contributed by atoms with Crippen LogP contribution in [-0.4, -0.2) is 0 Å². The summed E-state index contributed by atoms with van der Waals surface area (Å²) in [6, 6.07) is 110. The maximum absolute atomic E-state index is 2.53. The zero-order chi connectivity index (χ0) is 49.0. The van der Waals surface area contributed by atoms with E-state index in [1.54, 1.807) is 0 Å². The molecule has 346 valence electrons. The summed E-state index contributed by atoms with van der Waals surface area (Å²) in [5.41, 5.74) is 19.7. The molecule has 0 aromatic heterocycles. The minimum absolute atomic E-state index is 0.533. The highest BCUT2D eigenvalue weighted by Crippen LogP contribution is 2.59. The van der Waals surface area contributed by atoms with Crippen LogP contribution in [0.15, 0.2) is 297 Å². The lowest BCUT2D eigenvalue weighted by molar-refractivity contribution is 0.768. The highest BCUT2D eigenvalue weighted by molar-refractivity contribution is 6.13. The van der Waals surface area contributed by atoms with Crippen molar-refractivity contribution < 1.29 is 0 Å². The van der Waals surface area contributed by atoms with Gasteiger partial charge in [-0.2, -0.15) is 0 Å². The summed E-state index contributed by atoms with van der Waals surface area (Å²) in [5.74, 6) is 0. The summed E-state index contributed by atoms with van der Waals surface area (Å²) in [6.45, 7) is 0. The van der Waals surface area contributed by atoms with Gasteiger partial charge in [-0.15, -0.1) is 0 Å². The smallest absolute Gasteiger partial charge is 0.0713 e. The highest BCUT2D eigenvalue weighted by Gasteiger charge is 2.47. The first kappa shape index (κ1) is 43.2. The van der Waals surface area contributed by atoms with Crippen molar-refractivity contribution in [3.63, 3.8) is 0 Å². The number of benzene rings is 13. The van der Waals surface area contributed by atoms with Crippen LogP contribution in [0, 0.1) is 0 Å². The summed E-state index contributed by atoms with van der Waals surface area (Å²) in [5, 5.41) is 7.43. The zero-order valence-electron chi connectivity index (χ0n) is 40.7. The molecule has 0 radical (unpaired) electrons. The Kier molecular flexibility index (Phi) is 10.5. The van der Waals surface area contributed by atoms with Crippen LogP contribution in [0.2, 0.25) is 0 Å². The van der Waals surface area contributed by atoms with E-state index in [-0.39, 0.29) is 0 Å². The topological polar surface area (TPSA) is 3.24 Å². The number of para-hydroxylation sites is 2. The van der Waals surface area contributed by atoms with Crippen molar-refractivity contribution in [1.29, 1.82) is 0 Å². The maximum Gasteiger partial charge on any atom is 0.0713 e. The number of fused-ring (bicyclic) bond motifs is 7. The van der Waals surface area contributed by atoms with Crippen LogP contribution in [0.4, 0.5) is 17.1 Å². The largest absolute Gasteiger partial charge is 0.309 e. The molecular weight excluding hydrogens is 891 g/mol. The van der Waals surface area contributed by atoms with Crippen LogP contribution < -0.4 is 4.90 Å². The summed E-state index contributed by atoms with van der Waals surface area (Å²) < 4.78 is 0. The predicted octanol–water partition coefficient (Wildman–Crippen LogP) is 19.6. The average Bonchev–Trinajstić information content (AvgIpc) is 3.79. The Bertz CT molecular complexity index is 4200. The third kappa shape index (κ3) is 6.85. The second-order valence-electron chi connectivity index (χ2n) is 19.4. The quantitative estimate of drug-likeness (QED) is 0.130. The van der Waals surface area contributed by atoms with Crippen LogP contribution in [0.1, 0.15) is 22.3 Å². The Balaban J connectivity index is 1.04. The van der Waals surface area contributed by atoms with Crippen LogP contribution in [0.3, 0.4) is 0 Å². The number of hydrogen-bond donors (Lipinski definition) is 0. The number of nitrogens with zero attached hydrogens (tertiary/aromatic N) is 1. The molecule has 0 N–H and O–H groups in total. The van der Waals surface area contributed by atoms with Crippen molar-refractivity contribution in [1.82, 2.24) is 0 Å². The van der Waals surface area contributed by atoms with E-state index in [4.69, 9.17) is 0 Å². The molecule has 1 aliphatic rings. The van der Waals surface area contributed by atoms with Gasteiger partial charge in [0.15, 0.2) is 0 Å². The fourth-order valence-corrected chi connectivity index (χ4v) is 12.4. The molecule has 13 aromatic carbocycles. The second-order valence-corrected chi connectivity index (χ2v) is 19.4. The molecule has 0 spiro atoms. The van der Waals surface area contributed by atoms with Gasteiger partial charge in [-0.05, 0) is 123 Å². The van der Waals surface area contributed by atoms with E-state index in [1.807, 2.05) is 0 Å². The van der Waals surface area contributed by atoms with Crippen molar-refractivity contribution in [2.45, 2.75) is 5.41 Å². The van der Waals surface area contributed by atoms with Crippen LogP contribution in [0.25, 0.3) is 88.0 Å². The number of hydrogen-bond acceptors (Lipinski definition) is 1. The van der Waals surface area contributed by atoms with E-state index >= 15 is 0 Å². The van der Waals surface area contributed by atoms with Crippen molar-refractivity contribution in [2.24, 2.45) is 0 Å². The molecule has 0 saturated heterocycles. The Morgan fingerprint density at radius 3 is 1.49 bits per heavy atom. The molecule has 0 unspecified atom stereocenters. The van der Waals surface area contributed by atoms with Gasteiger partial charge in [0.25, 0.3) is 0 Å². The fourth-order valence-electron chi connectivity index (χ4n) is 12.4. The van der Waals surface area contributed by atoms with Crippen molar-refractivity contribution in [2.75, 3.05) is 4.90 Å². The van der Waals surface area contributed by atoms with Gasteiger partial charge >= 0.3 is 0 Å². The SMILES string of the molecule is c1ccc(-c2cccc3cccc(-c4ccccc4N(c4cccc(-c5cccc6c5ccc5ccccc56)c4)c4ccccc4-c4cccc5c4-c4ccccc4C5(c4ccccc4)c4ccccc4)c23)cc1. The van der Waals surface area contributed by atoms with Gasteiger partial charge in [0.05, 0.1) is 16.8 Å². The van der Waals surface area contributed by atoms with E-state index in [0.29, 0.717) is 0 Å². The normalized spacial score (nSPS) is 12.4. The van der Waals surface area contributed by atoms with Crippen LogP contribution >= 0.6 is 0 Å². The van der Waals surface area contributed by atoms with Gasteiger partial charge in [0.2, 0.25) is 0 Å². The molecule has 1 heteroatoms. The Morgan fingerprint density at radius 1 is 0.257 bits per heavy atom. The number of rotatable bonds is 9. The lowest BCUT2D eigenvalue weighted by Crippen LogP contribution is -2.28. The molecule has 1 aliphatic carbocycles. The lowest BCUT2D eigenvalue weighted by atomic mass is 9.67. The first-order valence-electron chi connectivity index (χ1n) is 25.7. The van der Waals surface area contributed by atoms with Gasteiger partial charge in [-0.3, -0.25) is 0 Å². The Morgan fingerprint density at radius 2 is 0.743 bits per heavy atom. The Labute approximate surface area is 432 Å². The predicted molar refractivity (Wildman–Crippen MR) is 313 cm³/mol. The molecule has 0 aliphatic heterocycles. The van der Waals surface area contributed by atoms with E-state index in [2.05, 4.69) is 302 Å². The van der Waals surface area contributed by atoms with Crippen LogP contribution in [0.5, 0.6) is 0 Å². The summed E-state index contributed by atoms with van der Waals surface area (Å²) >= 11 is 0. The molecule has 0 heterocycles. The molecule has 0 fully saturated rings. The lowest BCUT2D eigenvalue weighted by Gasteiger charge is -2.34. The van der Waals surface area contributed by atoms with Gasteiger partial charge < -0.3 is 4.90 Å². The molecule has 1 nitrogen and oxygen atoms in total. The van der Waals surface area contributed by atoms with Crippen molar-refractivity contribution in [3.05, 3.63) is 320 Å². The molecule has 0 atom stereocenters. The van der Waals surface area contributed by atoms with E-state index in [1.165, 1.54) is 93.5 Å². The zero-order valence-corrected chi connectivity index (χ0v) is 40.7. The molecule has 0 bridgehead atoms.